The van der Waals surface area contributed by atoms with Gasteiger partial charge in [0.15, 0.2) is 21.4 Å². The van der Waals surface area contributed by atoms with Crippen molar-refractivity contribution in [2.24, 2.45) is 0 Å². The summed E-state index contributed by atoms with van der Waals surface area (Å²) in [5, 5.41) is 13.4. The third-order valence-electron chi connectivity index (χ3n) is 5.43. The van der Waals surface area contributed by atoms with E-state index in [1.165, 1.54) is 30.5 Å². The van der Waals surface area contributed by atoms with Crippen LogP contribution in [0.1, 0.15) is 6.42 Å². The number of anilines is 1. The van der Waals surface area contributed by atoms with Crippen molar-refractivity contribution in [3.05, 3.63) is 78.0 Å². The van der Waals surface area contributed by atoms with Crippen LogP contribution in [0.2, 0.25) is 5.02 Å². The zero-order valence-electron chi connectivity index (χ0n) is 18.6. The zero-order valence-corrected chi connectivity index (χ0v) is 20.2. The average Bonchev–Trinajstić information content (AvgIpc) is 3.46. The number of imidazole rings is 1. The minimum Gasteiger partial charge on any atom is -0.505 e. The lowest BCUT2D eigenvalue weighted by atomic mass is 10.1. The number of phenolic OH excluding ortho intramolecular Hbond substituents is 1. The Bertz CT molecular complexity index is 1650. The molecule has 0 saturated heterocycles. The Morgan fingerprint density at radius 3 is 2.69 bits per heavy atom. The molecule has 0 bridgehead atoms. The molecule has 0 radical (unpaired) electrons. The quantitative estimate of drug-likeness (QED) is 0.275. The van der Waals surface area contributed by atoms with E-state index in [4.69, 9.17) is 16.0 Å². The summed E-state index contributed by atoms with van der Waals surface area (Å²) in [5.74, 6) is -0.707. The van der Waals surface area contributed by atoms with Crippen LogP contribution < -0.4 is 5.32 Å². The molecule has 0 saturated carbocycles. The van der Waals surface area contributed by atoms with Gasteiger partial charge in [0.25, 0.3) is 0 Å². The number of benzene rings is 2. The highest BCUT2D eigenvalue weighted by atomic mass is 35.5. The van der Waals surface area contributed by atoms with Gasteiger partial charge >= 0.3 is 5.84 Å². The molecule has 3 heterocycles. The molecule has 0 aliphatic carbocycles. The second kappa shape index (κ2) is 9.59. The second-order valence-electron chi connectivity index (χ2n) is 7.85. The molecule has 5 rings (SSSR count). The first kappa shape index (κ1) is 23.8. The predicted molar refractivity (Wildman–Crippen MR) is 132 cm³/mol. The number of aromatic hydroxyl groups is 1. The largest absolute Gasteiger partial charge is 0.505 e. The lowest BCUT2D eigenvalue weighted by Crippen LogP contribution is -2.13. The fraction of sp³-hybridized carbons (Fsp3) is 0.125. The summed E-state index contributed by atoms with van der Waals surface area (Å²) in [6.07, 6.45) is 5.03. The molecule has 0 spiro atoms. The van der Waals surface area contributed by atoms with Crippen molar-refractivity contribution in [3.63, 3.8) is 0 Å². The lowest BCUT2D eigenvalue weighted by molar-refractivity contribution is 0.432. The van der Waals surface area contributed by atoms with Crippen LogP contribution in [0.15, 0.2) is 76.5 Å². The summed E-state index contributed by atoms with van der Waals surface area (Å²) in [6.45, 7) is 0.322. The average molecular weight is 528 g/mol. The van der Waals surface area contributed by atoms with E-state index in [1.807, 2.05) is 0 Å². The van der Waals surface area contributed by atoms with E-state index in [1.54, 1.807) is 35.0 Å². The molecule has 12 heteroatoms. The van der Waals surface area contributed by atoms with Crippen LogP contribution >= 0.6 is 11.6 Å². The number of phenols is 1. The number of nitrogens with one attached hydrogen (secondary N) is 1. The fourth-order valence-corrected chi connectivity index (χ4v) is 5.13. The molecule has 3 aromatic heterocycles. The van der Waals surface area contributed by atoms with Crippen LogP contribution in [0, 0.1) is 5.82 Å². The van der Waals surface area contributed by atoms with Crippen LogP contribution in [-0.2, 0) is 9.84 Å². The minimum absolute atomic E-state index is 0.0577. The maximum atomic E-state index is 13.6. The molecule has 36 heavy (non-hydrogen) atoms. The van der Waals surface area contributed by atoms with Gasteiger partial charge < -0.3 is 14.8 Å². The van der Waals surface area contributed by atoms with E-state index in [-0.39, 0.29) is 10.6 Å². The summed E-state index contributed by atoms with van der Waals surface area (Å²) in [7, 11) is -3.44. The summed E-state index contributed by atoms with van der Waals surface area (Å²) >= 11 is 5.83. The summed E-state index contributed by atoms with van der Waals surface area (Å²) in [5.41, 5.74) is 1.96. The Morgan fingerprint density at radius 2 is 1.92 bits per heavy atom. The van der Waals surface area contributed by atoms with Crippen molar-refractivity contribution >= 4 is 33.2 Å². The molecule has 2 N–H and O–H groups in total. The lowest BCUT2D eigenvalue weighted by Gasteiger charge is -2.09. The predicted octanol–water partition coefficient (Wildman–Crippen LogP) is 4.83. The highest BCUT2D eigenvalue weighted by Crippen LogP contribution is 2.34. The van der Waals surface area contributed by atoms with Gasteiger partial charge in [-0.25, -0.2) is 22.8 Å². The summed E-state index contributed by atoms with van der Waals surface area (Å²) in [6, 6.07) is 11.7. The Morgan fingerprint density at radius 1 is 1.11 bits per heavy atom. The Balaban J connectivity index is 1.35. The topological polar surface area (TPSA) is 123 Å². The van der Waals surface area contributed by atoms with E-state index in [9.17, 15) is 17.9 Å². The molecule has 0 unspecified atom stereocenters. The van der Waals surface area contributed by atoms with Crippen molar-refractivity contribution in [3.8, 4) is 28.4 Å². The number of oxazole rings is 1. The summed E-state index contributed by atoms with van der Waals surface area (Å²) in [4.78, 5) is 13.4. The van der Waals surface area contributed by atoms with Gasteiger partial charge in [-0.15, -0.1) is 0 Å². The van der Waals surface area contributed by atoms with Crippen molar-refractivity contribution in [2.45, 2.75) is 11.3 Å². The van der Waals surface area contributed by atoms with E-state index in [0.29, 0.717) is 52.4 Å². The van der Waals surface area contributed by atoms with Gasteiger partial charge in [0.1, 0.15) is 17.7 Å². The number of fused-ring (bicyclic) bond motifs is 1. The molecule has 184 valence electrons. The second-order valence-corrected chi connectivity index (χ2v) is 10.4. The molecule has 0 fully saturated rings. The smallest absolute Gasteiger partial charge is 0.306 e. The molecule has 5 aromatic rings. The highest BCUT2D eigenvalue weighted by Gasteiger charge is 2.20. The number of hydrogen-bond acceptors (Lipinski definition) is 8. The number of aromatic nitrogens is 4. The van der Waals surface area contributed by atoms with E-state index < -0.39 is 21.4 Å². The van der Waals surface area contributed by atoms with Gasteiger partial charge in [-0.1, -0.05) is 11.6 Å². The first-order valence-corrected chi connectivity index (χ1v) is 12.8. The Kier molecular flexibility index (Phi) is 6.33. The molecule has 0 amide bonds. The number of sulfone groups is 1. The van der Waals surface area contributed by atoms with Gasteiger partial charge in [-0.05, 0) is 55.0 Å². The zero-order chi connectivity index (χ0) is 25.3. The standard InChI is InChI=1S/C24H19ClFN5O4S/c25-16-3-5-17(6-4-16)36(33,34)13-1-9-27-23-28-10-8-19(29-23)22-21(30-24-31(22)11-12-35-24)15-2-7-18(26)20(32)14-15/h2-8,10-12,14,32H,1,9,13H2,(H,27,28,29). The Hall–Kier alpha value is -3.96. The first-order chi connectivity index (χ1) is 17.3. The number of hydrogen-bond donors (Lipinski definition) is 2. The molecule has 2 aromatic carbocycles. The first-order valence-electron chi connectivity index (χ1n) is 10.8. The fourth-order valence-electron chi connectivity index (χ4n) is 3.69. The highest BCUT2D eigenvalue weighted by molar-refractivity contribution is 7.91. The van der Waals surface area contributed by atoms with Gasteiger partial charge in [-0.2, -0.15) is 4.98 Å². The van der Waals surface area contributed by atoms with Crippen molar-refractivity contribution < 1.29 is 22.3 Å². The van der Waals surface area contributed by atoms with Crippen LogP contribution in [0.4, 0.5) is 10.3 Å². The van der Waals surface area contributed by atoms with Crippen LogP contribution in [0.5, 0.6) is 5.75 Å². The maximum absolute atomic E-state index is 13.6. The van der Waals surface area contributed by atoms with Crippen molar-refractivity contribution in [1.29, 1.82) is 0 Å². The molecule has 9 nitrogen and oxygen atoms in total. The molecule has 0 aliphatic rings. The molecular weight excluding hydrogens is 509 g/mol. The Labute approximate surface area is 210 Å². The molecular formula is C24H19ClFN5O4S. The molecule has 0 atom stereocenters. The summed E-state index contributed by atoms with van der Waals surface area (Å²) < 4.78 is 45.7. The molecule has 0 aliphatic heterocycles. The SMILES string of the molecule is O=S(=O)(CCCNc1nccc(-c2c(-c3ccc(F)c(O)c3)nc3occn23)n1)c1ccc(Cl)cc1. The van der Waals surface area contributed by atoms with E-state index in [2.05, 4.69) is 20.3 Å². The minimum atomic E-state index is -3.44. The van der Waals surface area contributed by atoms with Gasteiger partial charge in [0, 0.05) is 29.5 Å². The van der Waals surface area contributed by atoms with Crippen LogP contribution in [-0.4, -0.2) is 45.2 Å². The monoisotopic (exact) mass is 527 g/mol. The van der Waals surface area contributed by atoms with E-state index in [0.717, 1.165) is 6.07 Å². The third-order valence-corrected chi connectivity index (χ3v) is 7.49. The normalized spacial score (nSPS) is 11.7. The third kappa shape index (κ3) is 4.75. The maximum Gasteiger partial charge on any atom is 0.306 e. The van der Waals surface area contributed by atoms with E-state index >= 15 is 0 Å². The van der Waals surface area contributed by atoms with Gasteiger partial charge in [0.05, 0.1) is 16.3 Å². The van der Waals surface area contributed by atoms with Crippen molar-refractivity contribution in [2.75, 3.05) is 17.6 Å². The van der Waals surface area contributed by atoms with Crippen molar-refractivity contribution in [1.82, 2.24) is 19.4 Å². The van der Waals surface area contributed by atoms with Crippen LogP contribution in [0.3, 0.4) is 0 Å². The van der Waals surface area contributed by atoms with Crippen LogP contribution in [0.25, 0.3) is 28.5 Å². The van der Waals surface area contributed by atoms with Gasteiger partial charge in [-0.3, -0.25) is 4.40 Å². The number of nitrogens with zero attached hydrogens (tertiary/aromatic N) is 4. The number of halogens is 2. The number of rotatable bonds is 8. The van der Waals surface area contributed by atoms with Gasteiger partial charge in [0.2, 0.25) is 5.95 Å².